The van der Waals surface area contributed by atoms with E-state index >= 15 is 0 Å². The van der Waals surface area contributed by atoms with Crippen LogP contribution in [0.1, 0.15) is 12.2 Å². The standard InChI is InChI=1S/C18H15N3O6S/c19-10-12(18(22)20-13-7-8-28(25,26)11-13)9-14-5-6-17(27-14)15-3-1-2-4-16(15)21(23)24/h1-6,9,13H,7-8,11H2,(H,20,22)/b12-9+/t13-/m0/s1. The van der Waals surface area contributed by atoms with Crippen LogP contribution < -0.4 is 5.32 Å². The van der Waals surface area contributed by atoms with Crippen molar-refractivity contribution >= 4 is 27.5 Å². The molecule has 2 aromatic rings. The Bertz CT molecular complexity index is 1110. The molecule has 3 rings (SSSR count). The van der Waals surface area contributed by atoms with Gasteiger partial charge in [-0.25, -0.2) is 8.42 Å². The largest absolute Gasteiger partial charge is 0.456 e. The van der Waals surface area contributed by atoms with Gasteiger partial charge in [0.15, 0.2) is 9.84 Å². The monoisotopic (exact) mass is 401 g/mol. The van der Waals surface area contributed by atoms with Gasteiger partial charge in [-0.2, -0.15) is 5.26 Å². The number of carbonyl (C=O) groups is 1. The SMILES string of the molecule is N#C/C(=C\c1ccc(-c2ccccc2[N+](=O)[O-])o1)C(=O)N[C@H]1CCS(=O)(=O)C1. The molecule has 0 saturated carbocycles. The predicted molar refractivity (Wildman–Crippen MR) is 99.6 cm³/mol. The van der Waals surface area contributed by atoms with Crippen LogP contribution in [0.2, 0.25) is 0 Å². The van der Waals surface area contributed by atoms with Crippen molar-refractivity contribution in [2.75, 3.05) is 11.5 Å². The summed E-state index contributed by atoms with van der Waals surface area (Å²) >= 11 is 0. The van der Waals surface area contributed by atoms with Crippen molar-refractivity contribution < 1.29 is 22.6 Å². The third-order valence-electron chi connectivity index (χ3n) is 4.21. The van der Waals surface area contributed by atoms with Gasteiger partial charge >= 0.3 is 0 Å². The van der Waals surface area contributed by atoms with Crippen molar-refractivity contribution in [3.05, 3.63) is 57.8 Å². The molecule has 1 fully saturated rings. The Morgan fingerprint density at radius 3 is 2.71 bits per heavy atom. The molecule has 0 aliphatic carbocycles. The minimum Gasteiger partial charge on any atom is -0.456 e. The van der Waals surface area contributed by atoms with E-state index in [4.69, 9.17) is 4.42 Å². The maximum Gasteiger partial charge on any atom is 0.280 e. The number of nitrogens with one attached hydrogen (secondary N) is 1. The number of amides is 1. The maximum atomic E-state index is 12.2. The van der Waals surface area contributed by atoms with E-state index in [-0.39, 0.29) is 39.9 Å². The van der Waals surface area contributed by atoms with Gasteiger partial charge in [-0.1, -0.05) is 12.1 Å². The molecule has 10 heteroatoms. The Balaban J connectivity index is 1.80. The third kappa shape index (κ3) is 4.27. The minimum absolute atomic E-state index is 0.000940. The van der Waals surface area contributed by atoms with Crippen molar-refractivity contribution in [1.29, 1.82) is 5.26 Å². The van der Waals surface area contributed by atoms with Crippen LogP contribution in [0, 0.1) is 21.4 Å². The van der Waals surface area contributed by atoms with Crippen LogP contribution in [0.15, 0.2) is 46.4 Å². The van der Waals surface area contributed by atoms with Crippen molar-refractivity contribution in [3.8, 4) is 17.4 Å². The first kappa shape index (κ1) is 19.3. The fourth-order valence-electron chi connectivity index (χ4n) is 2.88. The van der Waals surface area contributed by atoms with Crippen LogP contribution in [0.25, 0.3) is 17.4 Å². The lowest BCUT2D eigenvalue weighted by Crippen LogP contribution is -2.36. The molecule has 1 amide bonds. The second-order valence-corrected chi connectivity index (χ2v) is 8.45. The summed E-state index contributed by atoms with van der Waals surface area (Å²) in [7, 11) is -3.16. The Morgan fingerprint density at radius 2 is 2.07 bits per heavy atom. The molecular weight excluding hydrogens is 386 g/mol. The third-order valence-corrected chi connectivity index (χ3v) is 5.98. The number of hydrogen-bond donors (Lipinski definition) is 1. The molecule has 0 unspecified atom stereocenters. The van der Waals surface area contributed by atoms with Crippen LogP contribution in [-0.4, -0.2) is 36.8 Å². The van der Waals surface area contributed by atoms with Crippen LogP contribution in [0.3, 0.4) is 0 Å². The van der Waals surface area contributed by atoms with Crippen LogP contribution in [0.4, 0.5) is 5.69 Å². The molecule has 0 spiro atoms. The second-order valence-electron chi connectivity index (χ2n) is 6.22. The normalized spacial score (nSPS) is 18.4. The van der Waals surface area contributed by atoms with E-state index in [1.807, 2.05) is 0 Å². The lowest BCUT2D eigenvalue weighted by atomic mass is 10.1. The molecule has 144 valence electrons. The molecule has 1 saturated heterocycles. The first-order valence-corrected chi connectivity index (χ1v) is 10.1. The van der Waals surface area contributed by atoms with Gasteiger partial charge in [-0.3, -0.25) is 14.9 Å². The van der Waals surface area contributed by atoms with Gasteiger partial charge in [0.05, 0.1) is 22.0 Å². The van der Waals surface area contributed by atoms with E-state index in [0.29, 0.717) is 6.42 Å². The van der Waals surface area contributed by atoms with Crippen molar-refractivity contribution in [2.24, 2.45) is 0 Å². The molecule has 0 radical (unpaired) electrons. The predicted octanol–water partition coefficient (Wildman–Crippen LogP) is 2.07. The Hall–Kier alpha value is -3.45. The quantitative estimate of drug-likeness (QED) is 0.349. The van der Waals surface area contributed by atoms with Gasteiger partial charge in [0.1, 0.15) is 23.2 Å². The summed E-state index contributed by atoms with van der Waals surface area (Å²) in [5, 5.41) is 22.9. The zero-order chi connectivity index (χ0) is 20.3. The number of para-hydroxylation sites is 1. The summed E-state index contributed by atoms with van der Waals surface area (Å²) in [6.45, 7) is 0. The van der Waals surface area contributed by atoms with Gasteiger partial charge in [0.2, 0.25) is 0 Å². The van der Waals surface area contributed by atoms with E-state index in [1.54, 1.807) is 12.1 Å². The average Bonchev–Trinajstić information content (AvgIpc) is 3.25. The molecule has 1 N–H and O–H groups in total. The van der Waals surface area contributed by atoms with E-state index in [1.165, 1.54) is 36.4 Å². The van der Waals surface area contributed by atoms with E-state index in [2.05, 4.69) is 5.32 Å². The topological polar surface area (TPSA) is 143 Å². The number of carbonyl (C=O) groups excluding carboxylic acids is 1. The van der Waals surface area contributed by atoms with E-state index < -0.39 is 26.7 Å². The average molecular weight is 401 g/mol. The highest BCUT2D eigenvalue weighted by Gasteiger charge is 2.29. The molecular formula is C18H15N3O6S. The highest BCUT2D eigenvalue weighted by atomic mass is 32.2. The number of nitriles is 1. The Morgan fingerprint density at radius 1 is 1.32 bits per heavy atom. The summed E-state index contributed by atoms with van der Waals surface area (Å²) < 4.78 is 28.5. The van der Waals surface area contributed by atoms with Crippen molar-refractivity contribution in [1.82, 2.24) is 5.32 Å². The zero-order valence-electron chi connectivity index (χ0n) is 14.5. The van der Waals surface area contributed by atoms with Crippen molar-refractivity contribution in [2.45, 2.75) is 12.5 Å². The highest BCUT2D eigenvalue weighted by molar-refractivity contribution is 7.91. The van der Waals surface area contributed by atoms with E-state index in [0.717, 1.165) is 0 Å². The van der Waals surface area contributed by atoms with Gasteiger partial charge in [0, 0.05) is 18.2 Å². The lowest BCUT2D eigenvalue weighted by molar-refractivity contribution is -0.384. The van der Waals surface area contributed by atoms with Gasteiger partial charge in [-0.05, 0) is 24.6 Å². The maximum absolute atomic E-state index is 12.2. The zero-order valence-corrected chi connectivity index (χ0v) is 15.3. The number of rotatable bonds is 5. The molecule has 1 aromatic carbocycles. The summed E-state index contributed by atoms with van der Waals surface area (Å²) in [5.41, 5.74) is -0.118. The molecule has 1 aromatic heterocycles. The highest BCUT2D eigenvalue weighted by Crippen LogP contribution is 2.31. The summed E-state index contributed by atoms with van der Waals surface area (Å²) in [4.78, 5) is 22.8. The van der Waals surface area contributed by atoms with Crippen LogP contribution in [0.5, 0.6) is 0 Å². The fourth-order valence-corrected chi connectivity index (χ4v) is 4.55. The van der Waals surface area contributed by atoms with Gasteiger partial charge in [0.25, 0.3) is 11.6 Å². The smallest absolute Gasteiger partial charge is 0.280 e. The molecule has 1 aliphatic heterocycles. The second kappa shape index (κ2) is 7.66. The number of sulfone groups is 1. The first-order chi connectivity index (χ1) is 13.3. The number of nitro groups is 1. The van der Waals surface area contributed by atoms with Crippen LogP contribution in [-0.2, 0) is 14.6 Å². The Kier molecular flexibility index (Phi) is 5.28. The molecule has 0 bridgehead atoms. The number of hydrogen-bond acceptors (Lipinski definition) is 7. The fraction of sp³-hybridized carbons (Fsp3) is 0.222. The molecule has 1 atom stereocenters. The summed E-state index contributed by atoms with van der Waals surface area (Å²) in [6.07, 6.45) is 1.51. The number of nitro benzene ring substituents is 1. The Labute approximate surface area is 160 Å². The molecule has 2 heterocycles. The molecule has 1 aliphatic rings. The van der Waals surface area contributed by atoms with Gasteiger partial charge < -0.3 is 9.73 Å². The number of benzene rings is 1. The van der Waals surface area contributed by atoms with Crippen LogP contribution >= 0.6 is 0 Å². The number of nitrogens with zero attached hydrogens (tertiary/aromatic N) is 2. The molecule has 9 nitrogen and oxygen atoms in total. The van der Waals surface area contributed by atoms with Crippen molar-refractivity contribution in [3.63, 3.8) is 0 Å². The minimum atomic E-state index is -3.16. The van der Waals surface area contributed by atoms with Gasteiger partial charge in [-0.15, -0.1) is 0 Å². The van der Waals surface area contributed by atoms with E-state index in [9.17, 15) is 28.6 Å². The molecule has 28 heavy (non-hydrogen) atoms. The summed E-state index contributed by atoms with van der Waals surface area (Å²) in [5.74, 6) is -0.466. The summed E-state index contributed by atoms with van der Waals surface area (Å²) in [6, 6.07) is 10.2. The number of furan rings is 1. The lowest BCUT2D eigenvalue weighted by Gasteiger charge is -2.09. The first-order valence-electron chi connectivity index (χ1n) is 8.26.